The van der Waals surface area contributed by atoms with Gasteiger partial charge in [-0.1, -0.05) is 18.2 Å². The molecule has 0 aliphatic rings. The quantitative estimate of drug-likeness (QED) is 0.642. The Hall–Kier alpha value is -3.28. The highest BCUT2D eigenvalue weighted by Gasteiger charge is 2.10. The van der Waals surface area contributed by atoms with Crippen molar-refractivity contribution in [2.75, 3.05) is 5.32 Å². The summed E-state index contributed by atoms with van der Waals surface area (Å²) in [6, 6.07) is 15.3. The average Bonchev–Trinajstić information content (AvgIpc) is 2.57. The second-order valence-electron chi connectivity index (χ2n) is 5.23. The highest BCUT2D eigenvalue weighted by molar-refractivity contribution is 5.99. The Morgan fingerprint density at radius 3 is 2.67 bits per heavy atom. The van der Waals surface area contributed by atoms with Gasteiger partial charge in [-0.15, -0.1) is 0 Å². The first kappa shape index (κ1) is 15.6. The van der Waals surface area contributed by atoms with Crippen LogP contribution in [0, 0.1) is 0 Å². The van der Waals surface area contributed by atoms with E-state index < -0.39 is 6.23 Å². The largest absolute Gasteiger partial charge is 0.508 e. The molecular formula is C18H17N3O3. The number of rotatable bonds is 4. The molecule has 24 heavy (non-hydrogen) atoms. The standard InChI is InChI=1S/C18H17N3O3/c1-12(24-15-9-7-14(22)8-10-15)20-18(23)21-16-6-2-4-13-5-3-11-19-17(13)16/h2-12,22H,1H3,(H2,20,21,23). The molecule has 6 heteroatoms. The molecule has 2 amide bonds. The Labute approximate surface area is 139 Å². The number of para-hydroxylation sites is 1. The Morgan fingerprint density at radius 1 is 1.12 bits per heavy atom. The van der Waals surface area contributed by atoms with Gasteiger partial charge >= 0.3 is 6.03 Å². The van der Waals surface area contributed by atoms with Gasteiger partial charge in [0, 0.05) is 11.6 Å². The van der Waals surface area contributed by atoms with E-state index in [0.29, 0.717) is 11.4 Å². The van der Waals surface area contributed by atoms with Gasteiger partial charge < -0.3 is 20.5 Å². The van der Waals surface area contributed by atoms with Crippen LogP contribution in [0.15, 0.2) is 60.8 Å². The summed E-state index contributed by atoms with van der Waals surface area (Å²) in [5.74, 6) is 0.705. The summed E-state index contributed by atoms with van der Waals surface area (Å²) < 4.78 is 5.57. The highest BCUT2D eigenvalue weighted by Crippen LogP contribution is 2.20. The number of fused-ring (bicyclic) bond motifs is 1. The van der Waals surface area contributed by atoms with E-state index in [1.54, 1.807) is 31.3 Å². The number of hydrogen-bond donors (Lipinski definition) is 3. The molecule has 1 heterocycles. The number of carbonyl (C=O) groups is 1. The van der Waals surface area contributed by atoms with E-state index in [2.05, 4.69) is 15.6 Å². The van der Waals surface area contributed by atoms with E-state index in [-0.39, 0.29) is 11.8 Å². The summed E-state index contributed by atoms with van der Waals surface area (Å²) in [7, 11) is 0. The van der Waals surface area contributed by atoms with E-state index in [4.69, 9.17) is 4.74 Å². The predicted octanol–water partition coefficient (Wildman–Crippen LogP) is 3.49. The Bertz CT molecular complexity index is 844. The van der Waals surface area contributed by atoms with Crippen LogP contribution in [-0.4, -0.2) is 22.3 Å². The van der Waals surface area contributed by atoms with Crippen LogP contribution in [0.1, 0.15) is 6.92 Å². The third-order valence-corrected chi connectivity index (χ3v) is 3.36. The van der Waals surface area contributed by atoms with Gasteiger partial charge in [0.15, 0.2) is 6.23 Å². The van der Waals surface area contributed by atoms with Crippen LogP contribution < -0.4 is 15.4 Å². The van der Waals surface area contributed by atoms with Gasteiger partial charge in [-0.25, -0.2) is 4.79 Å². The molecule has 0 saturated carbocycles. The van der Waals surface area contributed by atoms with E-state index in [9.17, 15) is 9.90 Å². The summed E-state index contributed by atoms with van der Waals surface area (Å²) in [5, 5.41) is 15.7. The zero-order valence-electron chi connectivity index (χ0n) is 13.1. The molecule has 0 fully saturated rings. The lowest BCUT2D eigenvalue weighted by Gasteiger charge is -2.17. The molecule has 3 rings (SSSR count). The van der Waals surface area contributed by atoms with Crippen molar-refractivity contribution in [3.8, 4) is 11.5 Å². The number of phenolic OH excluding ortho intramolecular Hbond substituents is 1. The lowest BCUT2D eigenvalue weighted by Crippen LogP contribution is -2.39. The summed E-state index contributed by atoms with van der Waals surface area (Å²) in [6.07, 6.45) is 1.14. The van der Waals surface area contributed by atoms with Crippen molar-refractivity contribution in [2.24, 2.45) is 0 Å². The van der Waals surface area contributed by atoms with Crippen molar-refractivity contribution in [1.82, 2.24) is 10.3 Å². The van der Waals surface area contributed by atoms with Crippen molar-refractivity contribution in [3.05, 3.63) is 60.8 Å². The number of carbonyl (C=O) groups excluding carboxylic acids is 1. The molecule has 3 N–H and O–H groups in total. The molecule has 122 valence electrons. The van der Waals surface area contributed by atoms with Crippen molar-refractivity contribution < 1.29 is 14.6 Å². The van der Waals surface area contributed by atoms with Crippen LogP contribution in [0.25, 0.3) is 10.9 Å². The van der Waals surface area contributed by atoms with Crippen LogP contribution in [0.2, 0.25) is 0 Å². The predicted molar refractivity (Wildman–Crippen MR) is 92.1 cm³/mol. The molecular weight excluding hydrogens is 306 g/mol. The minimum atomic E-state index is -0.544. The molecule has 0 aliphatic heterocycles. The molecule has 2 aromatic carbocycles. The molecule has 0 saturated heterocycles. The van der Waals surface area contributed by atoms with Crippen LogP contribution in [0.4, 0.5) is 10.5 Å². The second-order valence-corrected chi connectivity index (χ2v) is 5.23. The smallest absolute Gasteiger partial charge is 0.322 e. The number of anilines is 1. The fourth-order valence-corrected chi connectivity index (χ4v) is 2.31. The van der Waals surface area contributed by atoms with Crippen LogP contribution >= 0.6 is 0 Å². The summed E-state index contributed by atoms with van der Waals surface area (Å²) in [4.78, 5) is 16.4. The molecule has 1 unspecified atom stereocenters. The minimum absolute atomic E-state index is 0.157. The Kier molecular flexibility index (Phi) is 4.47. The van der Waals surface area contributed by atoms with Gasteiger partial charge in [-0.05, 0) is 43.3 Å². The molecule has 1 atom stereocenters. The number of aromatic hydroxyl groups is 1. The fraction of sp³-hybridized carbons (Fsp3) is 0.111. The van der Waals surface area contributed by atoms with Crippen LogP contribution in [-0.2, 0) is 0 Å². The second kappa shape index (κ2) is 6.87. The van der Waals surface area contributed by atoms with Gasteiger partial charge in [-0.2, -0.15) is 0 Å². The molecule has 3 aromatic rings. The molecule has 0 bridgehead atoms. The van der Waals surface area contributed by atoms with Crippen LogP contribution in [0.3, 0.4) is 0 Å². The van der Waals surface area contributed by atoms with Gasteiger partial charge in [0.1, 0.15) is 11.5 Å². The topological polar surface area (TPSA) is 83.5 Å². The molecule has 0 spiro atoms. The fourth-order valence-electron chi connectivity index (χ4n) is 2.31. The number of benzene rings is 2. The summed E-state index contributed by atoms with van der Waals surface area (Å²) in [6.45, 7) is 1.72. The lowest BCUT2D eigenvalue weighted by atomic mass is 10.2. The first-order valence-electron chi connectivity index (χ1n) is 7.49. The monoisotopic (exact) mass is 323 g/mol. The van der Waals surface area contributed by atoms with E-state index >= 15 is 0 Å². The average molecular weight is 323 g/mol. The van der Waals surface area contributed by atoms with Gasteiger partial charge in [0.25, 0.3) is 0 Å². The van der Waals surface area contributed by atoms with Gasteiger partial charge in [0.05, 0.1) is 11.2 Å². The van der Waals surface area contributed by atoms with Crippen molar-refractivity contribution >= 4 is 22.6 Å². The first-order valence-corrected chi connectivity index (χ1v) is 7.49. The minimum Gasteiger partial charge on any atom is -0.508 e. The highest BCUT2D eigenvalue weighted by atomic mass is 16.5. The number of pyridine rings is 1. The molecule has 0 radical (unpaired) electrons. The number of phenols is 1. The van der Waals surface area contributed by atoms with E-state index in [1.165, 1.54) is 12.1 Å². The number of urea groups is 1. The number of amides is 2. The maximum atomic E-state index is 12.1. The normalized spacial score (nSPS) is 11.7. The zero-order valence-corrected chi connectivity index (χ0v) is 13.1. The van der Waals surface area contributed by atoms with Crippen molar-refractivity contribution in [1.29, 1.82) is 0 Å². The van der Waals surface area contributed by atoms with Crippen molar-refractivity contribution in [3.63, 3.8) is 0 Å². The molecule has 0 aliphatic carbocycles. The maximum Gasteiger partial charge on any atom is 0.322 e. The number of aromatic nitrogens is 1. The molecule has 1 aromatic heterocycles. The number of ether oxygens (including phenoxy) is 1. The summed E-state index contributed by atoms with van der Waals surface area (Å²) >= 11 is 0. The number of nitrogens with zero attached hydrogens (tertiary/aromatic N) is 1. The zero-order chi connectivity index (χ0) is 16.9. The van der Waals surface area contributed by atoms with E-state index in [1.807, 2.05) is 24.3 Å². The Balaban J connectivity index is 1.63. The summed E-state index contributed by atoms with van der Waals surface area (Å²) in [5.41, 5.74) is 1.35. The van der Waals surface area contributed by atoms with Gasteiger partial charge in [0.2, 0.25) is 0 Å². The third-order valence-electron chi connectivity index (χ3n) is 3.36. The number of hydrogen-bond acceptors (Lipinski definition) is 4. The first-order chi connectivity index (χ1) is 11.6. The van der Waals surface area contributed by atoms with E-state index in [0.717, 1.165) is 10.9 Å². The third kappa shape index (κ3) is 3.73. The van der Waals surface area contributed by atoms with Crippen molar-refractivity contribution in [2.45, 2.75) is 13.2 Å². The van der Waals surface area contributed by atoms with Gasteiger partial charge in [-0.3, -0.25) is 4.98 Å². The molecule has 6 nitrogen and oxygen atoms in total. The Morgan fingerprint density at radius 2 is 1.88 bits per heavy atom. The lowest BCUT2D eigenvalue weighted by molar-refractivity contribution is 0.183. The number of nitrogens with one attached hydrogen (secondary N) is 2. The maximum absolute atomic E-state index is 12.1. The van der Waals surface area contributed by atoms with Crippen LogP contribution in [0.5, 0.6) is 11.5 Å². The SMILES string of the molecule is CC(NC(=O)Nc1cccc2cccnc12)Oc1ccc(O)cc1.